The SMILES string of the molecule is B[N+](C)C. The van der Waals surface area contributed by atoms with Crippen molar-refractivity contribution in [2.24, 2.45) is 0 Å². The number of hydrogen-bond acceptors (Lipinski definition) is 1. The first kappa shape index (κ1) is 4.02. The second kappa shape index (κ2) is 1.36. The van der Waals surface area contributed by atoms with E-state index < -0.39 is 0 Å². The Hall–Kier alpha value is 0.0249. The van der Waals surface area contributed by atoms with Crippen LogP contribution in [-0.2, 0) is 0 Å². The van der Waals surface area contributed by atoms with E-state index in [1.165, 1.54) is 0 Å². The predicted molar refractivity (Wildman–Crippen MR) is 22.5 cm³/mol. The van der Waals surface area contributed by atoms with Crippen LogP contribution in [0.5, 0.6) is 0 Å². The van der Waals surface area contributed by atoms with Crippen LogP contribution >= 0.6 is 0 Å². The fourth-order valence-corrected chi connectivity index (χ4v) is 0. The minimum absolute atomic E-state index is 2.00. The zero-order valence-corrected chi connectivity index (χ0v) is 3.45. The molecule has 0 aliphatic heterocycles. The topological polar surface area (TPSA) is 5.90 Å². The Morgan fingerprint density at radius 1 is 1.50 bits per heavy atom. The average molecular weight is 56.9 g/mol. The summed E-state index contributed by atoms with van der Waals surface area (Å²) >= 11 is 0. The summed E-state index contributed by atoms with van der Waals surface area (Å²) in [5.74, 6) is 0. The van der Waals surface area contributed by atoms with Gasteiger partial charge >= 0.3 is 7.98 Å². The molecule has 0 fully saturated rings. The molecule has 1 radical (unpaired) electrons. The van der Waals surface area contributed by atoms with E-state index in [0.29, 0.717) is 0 Å². The second-order valence-electron chi connectivity index (χ2n) is 1.34. The molecule has 0 bridgehead atoms. The summed E-state index contributed by atoms with van der Waals surface area (Å²) in [6, 6.07) is 0. The monoisotopic (exact) mass is 57.1 g/mol. The van der Waals surface area contributed by atoms with Crippen molar-refractivity contribution in [1.29, 1.82) is 0 Å². The van der Waals surface area contributed by atoms with Gasteiger partial charge in [0.15, 0.2) is 0 Å². The van der Waals surface area contributed by atoms with Crippen molar-refractivity contribution in [3.05, 3.63) is 0 Å². The third-order valence-corrected chi connectivity index (χ3v) is 0. The summed E-state index contributed by atoms with van der Waals surface area (Å²) in [4.78, 5) is 2.00. The van der Waals surface area contributed by atoms with Crippen LogP contribution in [0.25, 0.3) is 0 Å². The van der Waals surface area contributed by atoms with Gasteiger partial charge < -0.3 is 0 Å². The normalized spacial score (nSPS) is 8.75. The van der Waals surface area contributed by atoms with Crippen LogP contribution in [0.3, 0.4) is 0 Å². The van der Waals surface area contributed by atoms with E-state index in [0.717, 1.165) is 0 Å². The van der Waals surface area contributed by atoms with Gasteiger partial charge in [-0.2, -0.15) is 0 Å². The molecule has 1 nitrogen and oxygen atoms in total. The van der Waals surface area contributed by atoms with E-state index in [-0.39, 0.29) is 0 Å². The molecule has 0 saturated heterocycles. The smallest absolute Gasteiger partial charge is 0.263 e. The molecule has 0 aromatic heterocycles. The molecule has 0 aliphatic rings. The van der Waals surface area contributed by atoms with Gasteiger partial charge in [0.2, 0.25) is 0 Å². The van der Waals surface area contributed by atoms with Gasteiger partial charge in [0.05, 0.1) is 14.1 Å². The van der Waals surface area contributed by atoms with E-state index in [2.05, 4.69) is 0 Å². The second-order valence-corrected chi connectivity index (χ2v) is 1.34. The minimum atomic E-state index is 2.00. The van der Waals surface area contributed by atoms with Crippen LogP contribution in [-0.4, -0.2) is 22.1 Å². The summed E-state index contributed by atoms with van der Waals surface area (Å²) < 4.78 is 0. The largest absolute Gasteiger partial charge is 0.419 e. The Labute approximate surface area is 28.0 Å². The van der Waals surface area contributed by atoms with Crippen molar-refractivity contribution in [1.82, 2.24) is 4.81 Å². The molecule has 0 saturated carbocycles. The van der Waals surface area contributed by atoms with E-state index in [1.54, 1.807) is 0 Å². The molecule has 2 heteroatoms. The lowest BCUT2D eigenvalue weighted by Gasteiger charge is -1.78. The zero-order valence-electron chi connectivity index (χ0n) is 3.45. The fourth-order valence-electron chi connectivity index (χ4n) is 0. The van der Waals surface area contributed by atoms with Gasteiger partial charge in [-0.1, -0.05) is 0 Å². The summed E-state index contributed by atoms with van der Waals surface area (Å²) in [7, 11) is 6.00. The van der Waals surface area contributed by atoms with Crippen molar-refractivity contribution in [3.8, 4) is 0 Å². The van der Waals surface area contributed by atoms with Gasteiger partial charge in [-0.05, 0) is 0 Å². The quantitative estimate of drug-likeness (QED) is 0.312. The summed E-state index contributed by atoms with van der Waals surface area (Å²) in [6.07, 6.45) is 0. The van der Waals surface area contributed by atoms with Crippen LogP contribution in [0, 0.1) is 0 Å². The molecule has 0 unspecified atom stereocenters. The highest BCUT2D eigenvalue weighted by Gasteiger charge is 1.73. The lowest BCUT2D eigenvalue weighted by atomic mass is 10.4. The van der Waals surface area contributed by atoms with Crippen LogP contribution in [0.4, 0.5) is 0 Å². The maximum Gasteiger partial charge on any atom is 0.419 e. The first-order valence-corrected chi connectivity index (χ1v) is 1.34. The molecule has 4 heavy (non-hydrogen) atoms. The molecule has 0 aromatic carbocycles. The lowest BCUT2D eigenvalue weighted by molar-refractivity contribution is 0.869. The van der Waals surface area contributed by atoms with Crippen LogP contribution < -0.4 is 4.81 Å². The summed E-state index contributed by atoms with van der Waals surface area (Å²) in [5.41, 5.74) is 0. The Balaban J connectivity index is 2.32. The van der Waals surface area contributed by atoms with Crippen molar-refractivity contribution in [3.63, 3.8) is 0 Å². The standard InChI is InChI=1S/C2H8BN/c1-4(2)3/h3H2,1-2H3/q+1. The maximum absolute atomic E-state index is 2.00. The Morgan fingerprint density at radius 3 is 1.50 bits per heavy atom. The van der Waals surface area contributed by atoms with E-state index >= 15 is 0 Å². The molecule has 0 aromatic rings. The van der Waals surface area contributed by atoms with Gasteiger partial charge in [0.25, 0.3) is 0 Å². The van der Waals surface area contributed by atoms with Crippen molar-refractivity contribution in [2.75, 3.05) is 14.1 Å². The molecule has 0 rings (SSSR count). The highest BCUT2D eigenvalue weighted by atomic mass is 14.9. The van der Waals surface area contributed by atoms with Gasteiger partial charge in [0, 0.05) is 0 Å². The highest BCUT2D eigenvalue weighted by Crippen LogP contribution is 1.37. The first-order valence-electron chi connectivity index (χ1n) is 1.34. The van der Waals surface area contributed by atoms with Crippen LogP contribution in [0.2, 0.25) is 0 Å². The van der Waals surface area contributed by atoms with Crippen molar-refractivity contribution >= 4 is 7.98 Å². The third-order valence-electron chi connectivity index (χ3n) is 0. The zero-order chi connectivity index (χ0) is 3.58. The molecular weight excluding hydrogens is 48.8 g/mol. The molecular formula is C2H8BN+. The lowest BCUT2D eigenvalue weighted by Crippen LogP contribution is -2.11. The molecule has 0 atom stereocenters. The minimum Gasteiger partial charge on any atom is -0.263 e. The summed E-state index contributed by atoms with van der Waals surface area (Å²) in [5, 5.41) is 0. The Kier molecular flexibility index (Phi) is 1.36. The van der Waals surface area contributed by atoms with E-state index in [1.807, 2.05) is 26.9 Å². The van der Waals surface area contributed by atoms with Crippen molar-refractivity contribution in [2.45, 2.75) is 0 Å². The van der Waals surface area contributed by atoms with E-state index in [4.69, 9.17) is 0 Å². The van der Waals surface area contributed by atoms with Gasteiger partial charge in [-0.3, -0.25) is 4.81 Å². The number of nitrogens with zero attached hydrogens (tertiary/aromatic N) is 1. The maximum atomic E-state index is 2.00. The molecule has 0 N–H and O–H groups in total. The number of rotatable bonds is 0. The number of hydrogen-bond donors (Lipinski definition) is 0. The van der Waals surface area contributed by atoms with Gasteiger partial charge in [-0.25, -0.2) is 0 Å². The molecule has 0 heterocycles. The molecule has 0 amide bonds. The van der Waals surface area contributed by atoms with Crippen LogP contribution in [0.1, 0.15) is 0 Å². The van der Waals surface area contributed by atoms with Gasteiger partial charge in [-0.15, -0.1) is 0 Å². The predicted octanol–water partition coefficient (Wildman–Crippen LogP) is -1.07. The molecule has 0 spiro atoms. The molecule has 23 valence electrons. The van der Waals surface area contributed by atoms with Crippen molar-refractivity contribution < 1.29 is 0 Å². The fraction of sp³-hybridized carbons (Fsp3) is 1.00. The van der Waals surface area contributed by atoms with Crippen LogP contribution in [0.15, 0.2) is 0 Å². The Bertz CT molecular complexity index is 10.8. The third kappa shape index (κ3) is 3420. The first-order chi connectivity index (χ1) is 1.73. The average Bonchev–Trinajstić information content (AvgIpc) is 0.811. The molecule has 0 aliphatic carbocycles. The highest BCUT2D eigenvalue weighted by molar-refractivity contribution is 6.06. The van der Waals surface area contributed by atoms with E-state index in [9.17, 15) is 0 Å². The summed E-state index contributed by atoms with van der Waals surface area (Å²) in [6.45, 7) is 0. The Morgan fingerprint density at radius 2 is 1.50 bits per heavy atom. The van der Waals surface area contributed by atoms with Gasteiger partial charge in [0.1, 0.15) is 0 Å².